The van der Waals surface area contributed by atoms with Crippen molar-refractivity contribution >= 4 is 28.5 Å². The minimum absolute atomic E-state index is 0.185. The van der Waals surface area contributed by atoms with Crippen molar-refractivity contribution < 1.29 is 18.0 Å². The largest absolute Gasteiger partial charge is 0.416 e. The average molecular weight is 455 g/mol. The van der Waals surface area contributed by atoms with Crippen molar-refractivity contribution in [1.29, 1.82) is 0 Å². The van der Waals surface area contributed by atoms with Crippen LogP contribution in [-0.2, 0) is 11.0 Å². The molecule has 164 valence electrons. The van der Waals surface area contributed by atoms with Crippen molar-refractivity contribution in [2.75, 3.05) is 7.05 Å². The maximum Gasteiger partial charge on any atom is 0.416 e. The lowest BCUT2D eigenvalue weighted by Gasteiger charge is -2.20. The smallest absolute Gasteiger partial charge is 0.290 e. The molecule has 1 aliphatic heterocycles. The Bertz CT molecular complexity index is 1190. The molecular weight excluding hydrogens is 433 g/mol. The van der Waals surface area contributed by atoms with Crippen molar-refractivity contribution in [3.05, 3.63) is 99.5 Å². The Morgan fingerprint density at radius 3 is 2.38 bits per heavy atom. The fourth-order valence-electron chi connectivity index (χ4n) is 4.00. The summed E-state index contributed by atoms with van der Waals surface area (Å²) in [5.74, 6) is -0.661. The van der Waals surface area contributed by atoms with Crippen LogP contribution in [0, 0.1) is 0 Å². The maximum atomic E-state index is 13.6. The number of carbonyl (C=O) groups excluding carboxylic acids is 1. The summed E-state index contributed by atoms with van der Waals surface area (Å²) < 4.78 is 40.7. The van der Waals surface area contributed by atoms with Gasteiger partial charge in [0.25, 0.3) is 5.91 Å². The number of hydrogen-bond acceptors (Lipinski definition) is 3. The van der Waals surface area contributed by atoms with E-state index in [9.17, 15) is 18.0 Å². The fraction of sp³-hybridized carbons (Fsp3) is 0.200. The number of amides is 1. The predicted octanol–water partition coefficient (Wildman–Crippen LogP) is 6.84. The summed E-state index contributed by atoms with van der Waals surface area (Å²) in [5.41, 5.74) is 2.70. The molecule has 2 aromatic rings. The molecule has 1 heterocycles. The number of nitrogens with zero attached hydrogens (tertiary/aromatic N) is 2. The molecule has 1 saturated heterocycles. The van der Waals surface area contributed by atoms with E-state index >= 15 is 0 Å². The Labute approximate surface area is 189 Å². The van der Waals surface area contributed by atoms with Crippen molar-refractivity contribution in [1.82, 2.24) is 4.90 Å². The number of benzene rings is 2. The molecule has 2 aliphatic rings. The summed E-state index contributed by atoms with van der Waals surface area (Å²) in [7, 11) is 1.66. The number of alkyl halides is 3. The minimum atomic E-state index is -4.43. The molecule has 7 heteroatoms. The molecule has 2 aromatic carbocycles. The highest BCUT2D eigenvalue weighted by molar-refractivity contribution is 8.18. The standard InChI is InChI=1S/C25H21F3N2OS/c1-15-13-17(16(2)22(15)19-11-7-8-12-20(19)25(26,27)28)14-21-23(31)30(3)24(32-21)29-18-9-5-4-6-10-18/h4-14,22H,1-3H3/b21-14-,29-24?. The van der Waals surface area contributed by atoms with Gasteiger partial charge in [-0.2, -0.15) is 13.2 Å². The van der Waals surface area contributed by atoms with Crippen LogP contribution in [0.4, 0.5) is 18.9 Å². The third-order valence-corrected chi connectivity index (χ3v) is 6.64. The van der Waals surface area contributed by atoms with Crippen molar-refractivity contribution in [2.24, 2.45) is 4.99 Å². The lowest BCUT2D eigenvalue weighted by atomic mass is 9.86. The second-order valence-corrected chi connectivity index (χ2v) is 8.76. The summed E-state index contributed by atoms with van der Waals surface area (Å²) >= 11 is 1.26. The SMILES string of the molecule is CC1=CC(/C=C2\SC(=Nc3ccccc3)N(C)C2=O)=C(C)C1c1ccccc1C(F)(F)F. The van der Waals surface area contributed by atoms with Gasteiger partial charge in [-0.15, -0.1) is 0 Å². The van der Waals surface area contributed by atoms with E-state index < -0.39 is 17.7 Å². The summed E-state index contributed by atoms with van der Waals surface area (Å²) in [6.07, 6.45) is -0.812. The number of hydrogen-bond donors (Lipinski definition) is 0. The molecule has 1 atom stereocenters. The quantitative estimate of drug-likeness (QED) is 0.476. The zero-order valence-corrected chi connectivity index (χ0v) is 18.6. The summed E-state index contributed by atoms with van der Waals surface area (Å²) in [4.78, 5) is 19.3. The normalized spacial score (nSPS) is 21.8. The number of halogens is 3. The van der Waals surface area contributed by atoms with Crippen LogP contribution in [0.15, 0.2) is 93.4 Å². The average Bonchev–Trinajstić information content (AvgIpc) is 3.18. The van der Waals surface area contributed by atoms with Crippen molar-refractivity contribution in [2.45, 2.75) is 25.9 Å². The van der Waals surface area contributed by atoms with Crippen LogP contribution in [0.3, 0.4) is 0 Å². The lowest BCUT2D eigenvalue weighted by Crippen LogP contribution is -2.23. The molecule has 1 aliphatic carbocycles. The molecule has 0 radical (unpaired) electrons. The number of likely N-dealkylation sites (N-methyl/N-ethyl adjacent to an activating group) is 1. The number of thioether (sulfide) groups is 1. The van der Waals surface area contributed by atoms with Gasteiger partial charge in [-0.05, 0) is 61.0 Å². The highest BCUT2D eigenvalue weighted by atomic mass is 32.2. The Hall–Kier alpha value is -3.06. The van der Waals surface area contributed by atoms with E-state index in [0.29, 0.717) is 10.1 Å². The van der Waals surface area contributed by atoms with Gasteiger partial charge in [0.2, 0.25) is 0 Å². The molecule has 0 bridgehead atoms. The van der Waals surface area contributed by atoms with E-state index in [1.807, 2.05) is 50.3 Å². The molecule has 0 N–H and O–H groups in total. The Kier molecular flexibility index (Phi) is 5.86. The van der Waals surface area contributed by atoms with E-state index in [2.05, 4.69) is 4.99 Å². The van der Waals surface area contributed by atoms with Gasteiger partial charge in [0.15, 0.2) is 5.17 Å². The van der Waals surface area contributed by atoms with Crippen LogP contribution in [0.2, 0.25) is 0 Å². The van der Waals surface area contributed by atoms with E-state index in [1.54, 1.807) is 19.2 Å². The Balaban J connectivity index is 1.69. The van der Waals surface area contributed by atoms with E-state index in [-0.39, 0.29) is 11.5 Å². The first kappa shape index (κ1) is 22.1. The number of amidine groups is 1. The van der Waals surface area contributed by atoms with E-state index in [4.69, 9.17) is 0 Å². The first-order valence-corrected chi connectivity index (χ1v) is 10.8. The summed E-state index contributed by atoms with van der Waals surface area (Å²) in [6, 6.07) is 15.0. The molecule has 1 fully saturated rings. The van der Waals surface area contributed by atoms with Crippen LogP contribution < -0.4 is 0 Å². The van der Waals surface area contributed by atoms with Gasteiger partial charge in [-0.3, -0.25) is 9.69 Å². The zero-order valence-electron chi connectivity index (χ0n) is 17.8. The second-order valence-electron chi connectivity index (χ2n) is 7.75. The highest BCUT2D eigenvalue weighted by Gasteiger charge is 2.37. The number of aliphatic imine (C=N–C) groups is 1. The Morgan fingerprint density at radius 1 is 1.03 bits per heavy atom. The fourth-order valence-corrected chi connectivity index (χ4v) is 4.98. The van der Waals surface area contributed by atoms with Crippen LogP contribution in [0.1, 0.15) is 30.9 Å². The maximum absolute atomic E-state index is 13.6. The minimum Gasteiger partial charge on any atom is -0.290 e. The number of carbonyl (C=O) groups is 1. The topological polar surface area (TPSA) is 32.7 Å². The molecule has 4 rings (SSSR count). The first-order valence-electron chi connectivity index (χ1n) is 10.0. The van der Waals surface area contributed by atoms with Crippen LogP contribution in [0.5, 0.6) is 0 Å². The molecule has 0 aromatic heterocycles. The van der Waals surface area contributed by atoms with Crippen LogP contribution in [-0.4, -0.2) is 23.0 Å². The van der Waals surface area contributed by atoms with Gasteiger partial charge in [0, 0.05) is 13.0 Å². The summed E-state index contributed by atoms with van der Waals surface area (Å²) in [5, 5.41) is 0.559. The number of rotatable bonds is 3. The van der Waals surface area contributed by atoms with Crippen LogP contribution >= 0.6 is 11.8 Å². The van der Waals surface area contributed by atoms with Gasteiger partial charge >= 0.3 is 6.18 Å². The molecule has 0 saturated carbocycles. The van der Waals surface area contributed by atoms with Gasteiger partial charge in [-0.25, -0.2) is 4.99 Å². The predicted molar refractivity (Wildman–Crippen MR) is 123 cm³/mol. The molecule has 32 heavy (non-hydrogen) atoms. The van der Waals surface area contributed by atoms with Crippen molar-refractivity contribution in [3.63, 3.8) is 0 Å². The molecule has 0 spiro atoms. The molecule has 1 amide bonds. The van der Waals surface area contributed by atoms with Crippen molar-refractivity contribution in [3.8, 4) is 0 Å². The zero-order chi connectivity index (χ0) is 23.0. The van der Waals surface area contributed by atoms with E-state index in [1.165, 1.54) is 28.8 Å². The lowest BCUT2D eigenvalue weighted by molar-refractivity contribution is -0.138. The van der Waals surface area contributed by atoms with Crippen LogP contribution in [0.25, 0.3) is 0 Å². The van der Waals surface area contributed by atoms with Gasteiger partial charge in [0.1, 0.15) is 0 Å². The Morgan fingerprint density at radius 2 is 1.69 bits per heavy atom. The van der Waals surface area contributed by atoms with Gasteiger partial charge in [-0.1, -0.05) is 53.6 Å². The number of allylic oxidation sites excluding steroid dienone is 5. The van der Waals surface area contributed by atoms with Gasteiger partial charge in [0.05, 0.1) is 16.2 Å². The summed E-state index contributed by atoms with van der Waals surface area (Å²) in [6.45, 7) is 3.65. The van der Waals surface area contributed by atoms with Gasteiger partial charge < -0.3 is 0 Å². The van der Waals surface area contributed by atoms with E-state index in [0.717, 1.165) is 28.5 Å². The molecule has 3 nitrogen and oxygen atoms in total. The molecule has 1 unspecified atom stereocenters. The number of para-hydroxylation sites is 1. The molecular formula is C25H21F3N2OS. The third kappa shape index (κ3) is 4.17. The third-order valence-electron chi connectivity index (χ3n) is 5.58. The highest BCUT2D eigenvalue weighted by Crippen LogP contribution is 2.45. The first-order chi connectivity index (χ1) is 15.2. The monoisotopic (exact) mass is 454 g/mol. The second kappa shape index (κ2) is 8.47.